The van der Waals surface area contributed by atoms with E-state index in [2.05, 4.69) is 4.74 Å². The van der Waals surface area contributed by atoms with E-state index < -0.39 is 23.1 Å². The number of benzene rings is 1. The summed E-state index contributed by atoms with van der Waals surface area (Å²) in [5.74, 6) is 0.110. The van der Waals surface area contributed by atoms with Crippen molar-refractivity contribution < 1.29 is 22.1 Å². The van der Waals surface area contributed by atoms with Crippen LogP contribution in [0.3, 0.4) is 0 Å². The van der Waals surface area contributed by atoms with Crippen molar-refractivity contribution in [3.8, 4) is 5.75 Å². The molecule has 0 aromatic heterocycles. The summed E-state index contributed by atoms with van der Waals surface area (Å²) in [6.07, 6.45) is -4.74. The number of hydrogen-bond donors (Lipinski definition) is 0. The van der Waals surface area contributed by atoms with Crippen molar-refractivity contribution >= 4 is 10.8 Å². The highest BCUT2D eigenvalue weighted by atomic mass is 32.2. The minimum atomic E-state index is -4.38. The molecule has 0 bridgehead atoms. The highest BCUT2D eigenvalue weighted by Crippen LogP contribution is 2.25. The zero-order valence-electron chi connectivity index (χ0n) is 8.75. The first-order valence-corrected chi connectivity index (χ1v) is 6.03. The predicted molar refractivity (Wildman–Crippen MR) is 54.9 cm³/mol. The summed E-state index contributed by atoms with van der Waals surface area (Å²) < 4.78 is 52.2. The molecule has 1 unspecified atom stereocenters. The number of ether oxygens (including phenoxy) is 1. The Labute approximate surface area is 93.9 Å². The molecule has 16 heavy (non-hydrogen) atoms. The zero-order chi connectivity index (χ0) is 12.3. The Morgan fingerprint density at radius 2 is 1.75 bits per heavy atom. The summed E-state index contributed by atoms with van der Waals surface area (Å²) in [6.45, 7) is 0.936. The molecule has 1 aromatic rings. The first-order valence-electron chi connectivity index (χ1n) is 4.47. The van der Waals surface area contributed by atoms with Crippen LogP contribution in [-0.4, -0.2) is 22.7 Å². The number of halogens is 3. The quantitative estimate of drug-likeness (QED) is 0.826. The smallest absolute Gasteiger partial charge is 0.425 e. The highest BCUT2D eigenvalue weighted by molar-refractivity contribution is 7.84. The minimum Gasteiger partial charge on any atom is -0.481 e. The van der Waals surface area contributed by atoms with Crippen molar-refractivity contribution in [2.45, 2.75) is 24.1 Å². The molecule has 2 nitrogen and oxygen atoms in total. The second kappa shape index (κ2) is 4.86. The monoisotopic (exact) mass is 252 g/mol. The Kier molecular flexibility index (Phi) is 3.96. The molecule has 6 heteroatoms. The molecule has 0 saturated heterocycles. The maximum Gasteiger partial charge on any atom is 0.425 e. The summed E-state index contributed by atoms with van der Waals surface area (Å²) in [5.41, 5.74) is 0. The predicted octanol–water partition coefficient (Wildman–Crippen LogP) is 2.75. The van der Waals surface area contributed by atoms with Gasteiger partial charge in [0.1, 0.15) is 5.75 Å². The lowest BCUT2D eigenvalue weighted by molar-refractivity contribution is -0.189. The van der Waals surface area contributed by atoms with Gasteiger partial charge in [0.25, 0.3) is 0 Å². The van der Waals surface area contributed by atoms with E-state index in [1.165, 1.54) is 30.5 Å². The van der Waals surface area contributed by atoms with Gasteiger partial charge in [-0.25, -0.2) is 0 Å². The van der Waals surface area contributed by atoms with Gasteiger partial charge in [0.2, 0.25) is 0 Å². The lowest BCUT2D eigenvalue weighted by Crippen LogP contribution is -2.31. The summed E-state index contributed by atoms with van der Waals surface area (Å²) in [4.78, 5) is 0.548. The molecule has 0 radical (unpaired) electrons. The lowest BCUT2D eigenvalue weighted by atomic mass is 10.3. The van der Waals surface area contributed by atoms with Crippen LogP contribution in [0, 0.1) is 0 Å². The van der Waals surface area contributed by atoms with E-state index >= 15 is 0 Å². The number of rotatable bonds is 3. The van der Waals surface area contributed by atoms with Crippen LogP contribution in [0.25, 0.3) is 0 Å². The fourth-order valence-corrected chi connectivity index (χ4v) is 1.50. The first-order chi connectivity index (χ1) is 7.30. The molecule has 90 valence electrons. The van der Waals surface area contributed by atoms with Crippen LogP contribution < -0.4 is 4.74 Å². The van der Waals surface area contributed by atoms with Crippen molar-refractivity contribution in [1.82, 2.24) is 0 Å². The average molecular weight is 252 g/mol. The maximum absolute atomic E-state index is 12.2. The van der Waals surface area contributed by atoms with Gasteiger partial charge < -0.3 is 4.74 Å². The molecule has 0 saturated carbocycles. The third-order valence-electron chi connectivity index (χ3n) is 1.93. The molecule has 0 aliphatic rings. The van der Waals surface area contributed by atoms with Crippen molar-refractivity contribution in [2.24, 2.45) is 0 Å². The van der Waals surface area contributed by atoms with Gasteiger partial charge in [0.15, 0.2) is 6.10 Å². The molecule has 0 amide bonds. The summed E-state index contributed by atoms with van der Waals surface area (Å²) >= 11 is 0. The minimum absolute atomic E-state index is 0.110. The molecule has 0 aliphatic carbocycles. The molecular formula is C10H11F3O2S. The molecule has 0 spiro atoms. The van der Waals surface area contributed by atoms with E-state index in [0.29, 0.717) is 4.90 Å². The molecule has 0 heterocycles. The van der Waals surface area contributed by atoms with E-state index in [-0.39, 0.29) is 5.75 Å². The fraction of sp³-hybridized carbons (Fsp3) is 0.400. The van der Waals surface area contributed by atoms with Crippen LogP contribution in [-0.2, 0) is 10.8 Å². The Bertz CT molecular complexity index is 373. The van der Waals surface area contributed by atoms with Gasteiger partial charge in [0.05, 0.1) is 0 Å². The highest BCUT2D eigenvalue weighted by Gasteiger charge is 2.37. The maximum atomic E-state index is 12.2. The molecule has 2 atom stereocenters. The standard InChI is InChI=1S/C10H11F3O2S/c1-7(10(11,12)13)15-8-3-5-9(6-4-8)16(2)14/h3-7H,1-2H3/t7-,16?/m0/s1. The van der Waals surface area contributed by atoms with Crippen LogP contribution in [0.2, 0.25) is 0 Å². The van der Waals surface area contributed by atoms with Crippen LogP contribution in [0.1, 0.15) is 6.92 Å². The average Bonchev–Trinajstić information content (AvgIpc) is 2.17. The number of alkyl halides is 3. The molecule has 0 fully saturated rings. The van der Waals surface area contributed by atoms with E-state index in [1.807, 2.05) is 0 Å². The molecule has 1 aromatic carbocycles. The van der Waals surface area contributed by atoms with E-state index in [0.717, 1.165) is 6.92 Å². The van der Waals surface area contributed by atoms with Gasteiger partial charge in [0, 0.05) is 22.0 Å². The van der Waals surface area contributed by atoms with Crippen LogP contribution >= 0.6 is 0 Å². The van der Waals surface area contributed by atoms with Gasteiger partial charge in [-0.3, -0.25) is 4.21 Å². The molecular weight excluding hydrogens is 241 g/mol. The Hall–Kier alpha value is -1.04. The topological polar surface area (TPSA) is 26.3 Å². The van der Waals surface area contributed by atoms with Gasteiger partial charge in [-0.1, -0.05) is 0 Å². The van der Waals surface area contributed by atoms with E-state index in [4.69, 9.17) is 0 Å². The zero-order valence-corrected chi connectivity index (χ0v) is 9.56. The summed E-state index contributed by atoms with van der Waals surface area (Å²) in [7, 11) is -1.14. The van der Waals surface area contributed by atoms with E-state index in [1.54, 1.807) is 0 Å². The van der Waals surface area contributed by atoms with Crippen molar-refractivity contribution in [3.05, 3.63) is 24.3 Å². The fourth-order valence-electron chi connectivity index (χ4n) is 0.981. The molecule has 1 rings (SSSR count). The SMILES string of the molecule is C[C@H](Oc1ccc(S(C)=O)cc1)C(F)(F)F. The Morgan fingerprint density at radius 1 is 1.25 bits per heavy atom. The van der Waals surface area contributed by atoms with Crippen molar-refractivity contribution in [3.63, 3.8) is 0 Å². The van der Waals surface area contributed by atoms with Crippen molar-refractivity contribution in [1.29, 1.82) is 0 Å². The third kappa shape index (κ3) is 3.52. The normalized spacial score (nSPS) is 15.6. The summed E-state index contributed by atoms with van der Waals surface area (Å²) in [5, 5.41) is 0. The van der Waals surface area contributed by atoms with E-state index in [9.17, 15) is 17.4 Å². The van der Waals surface area contributed by atoms with Gasteiger partial charge in [-0.15, -0.1) is 0 Å². The molecule has 0 N–H and O–H groups in total. The summed E-state index contributed by atoms with van der Waals surface area (Å²) in [6, 6.07) is 5.71. The molecule has 0 aliphatic heterocycles. The number of hydrogen-bond acceptors (Lipinski definition) is 2. The van der Waals surface area contributed by atoms with Crippen LogP contribution in [0.5, 0.6) is 5.75 Å². The lowest BCUT2D eigenvalue weighted by Gasteiger charge is -2.17. The van der Waals surface area contributed by atoms with Gasteiger partial charge in [-0.05, 0) is 31.2 Å². The third-order valence-corrected chi connectivity index (χ3v) is 2.87. The van der Waals surface area contributed by atoms with Crippen LogP contribution in [0.15, 0.2) is 29.2 Å². The van der Waals surface area contributed by atoms with Gasteiger partial charge in [-0.2, -0.15) is 13.2 Å². The largest absolute Gasteiger partial charge is 0.481 e. The Balaban J connectivity index is 2.73. The van der Waals surface area contributed by atoms with Gasteiger partial charge >= 0.3 is 6.18 Å². The second-order valence-electron chi connectivity index (χ2n) is 3.23. The second-order valence-corrected chi connectivity index (χ2v) is 4.61. The van der Waals surface area contributed by atoms with Crippen LogP contribution in [0.4, 0.5) is 13.2 Å². The van der Waals surface area contributed by atoms with Crippen molar-refractivity contribution in [2.75, 3.05) is 6.26 Å². The Morgan fingerprint density at radius 3 is 2.12 bits per heavy atom. The first kappa shape index (κ1) is 13.0.